The molecule has 0 atom stereocenters. The maximum absolute atomic E-state index is 13.6. The lowest BCUT2D eigenvalue weighted by atomic mass is 9.95. The summed E-state index contributed by atoms with van der Waals surface area (Å²) < 4.78 is 38.4. The molecular formula is C23H19FN4O3S. The highest BCUT2D eigenvalue weighted by Gasteiger charge is 2.26. The first-order chi connectivity index (χ1) is 15.2. The van der Waals surface area contributed by atoms with Gasteiger partial charge in [0.2, 0.25) is 10.0 Å². The molecule has 4 rings (SSSR count). The van der Waals surface area contributed by atoms with Crippen molar-refractivity contribution < 1.29 is 17.6 Å². The number of sulfonamides is 1. The van der Waals surface area contributed by atoms with Gasteiger partial charge in [-0.25, -0.2) is 22.6 Å². The van der Waals surface area contributed by atoms with E-state index in [-0.39, 0.29) is 10.6 Å². The van der Waals surface area contributed by atoms with Crippen LogP contribution in [-0.4, -0.2) is 24.1 Å². The fourth-order valence-electron chi connectivity index (χ4n) is 3.54. The van der Waals surface area contributed by atoms with Crippen molar-refractivity contribution in [1.82, 2.24) is 9.78 Å². The van der Waals surface area contributed by atoms with E-state index in [9.17, 15) is 17.6 Å². The third-order valence-corrected chi connectivity index (χ3v) is 5.99. The zero-order chi connectivity index (χ0) is 23.0. The SMILES string of the molecule is Cc1ccccc1-c1c(C(N)=O)nn(-c2ccc(S(N)(=O)=O)cc2)c1-c1ccc(F)cc1. The third kappa shape index (κ3) is 3.91. The summed E-state index contributed by atoms with van der Waals surface area (Å²) in [5, 5.41) is 9.65. The van der Waals surface area contributed by atoms with Crippen LogP contribution in [0.15, 0.2) is 77.7 Å². The van der Waals surface area contributed by atoms with Crippen LogP contribution in [-0.2, 0) is 10.0 Å². The van der Waals surface area contributed by atoms with Crippen LogP contribution in [0.4, 0.5) is 4.39 Å². The maximum atomic E-state index is 13.6. The molecule has 1 heterocycles. The summed E-state index contributed by atoms with van der Waals surface area (Å²) in [5.74, 6) is -1.14. The highest BCUT2D eigenvalue weighted by Crippen LogP contribution is 2.38. The number of aromatic nitrogens is 2. The lowest BCUT2D eigenvalue weighted by Crippen LogP contribution is -2.13. The average Bonchev–Trinajstić information content (AvgIpc) is 3.15. The molecule has 3 aromatic carbocycles. The van der Waals surface area contributed by atoms with Crippen molar-refractivity contribution in [2.75, 3.05) is 0 Å². The standard InChI is InChI=1S/C23H19FN4O3S/c1-14-4-2-3-5-19(14)20-21(23(25)29)27-28(22(20)15-6-8-16(24)9-7-15)17-10-12-18(13-11-17)32(26,30)31/h2-13H,1H3,(H2,25,29)(H2,26,30,31). The zero-order valence-electron chi connectivity index (χ0n) is 17.0. The molecule has 0 bridgehead atoms. The summed E-state index contributed by atoms with van der Waals surface area (Å²) in [4.78, 5) is 12.3. The molecule has 0 aliphatic rings. The number of hydrogen-bond acceptors (Lipinski definition) is 4. The van der Waals surface area contributed by atoms with Gasteiger partial charge in [0.15, 0.2) is 5.69 Å². The topological polar surface area (TPSA) is 121 Å². The minimum atomic E-state index is -3.88. The quantitative estimate of drug-likeness (QED) is 0.484. The summed E-state index contributed by atoms with van der Waals surface area (Å²) >= 11 is 0. The van der Waals surface area contributed by atoms with E-state index in [1.54, 1.807) is 12.1 Å². The maximum Gasteiger partial charge on any atom is 0.269 e. The predicted molar refractivity (Wildman–Crippen MR) is 119 cm³/mol. The van der Waals surface area contributed by atoms with E-state index >= 15 is 0 Å². The summed E-state index contributed by atoms with van der Waals surface area (Å²) in [6.45, 7) is 1.90. The van der Waals surface area contributed by atoms with Gasteiger partial charge >= 0.3 is 0 Å². The molecule has 1 aromatic heterocycles. The Balaban J connectivity index is 2.06. The first-order valence-corrected chi connectivity index (χ1v) is 11.1. The number of halogens is 1. The minimum Gasteiger partial charge on any atom is -0.364 e. The van der Waals surface area contributed by atoms with E-state index in [0.29, 0.717) is 22.5 Å². The number of nitrogens with zero attached hydrogens (tertiary/aromatic N) is 2. The normalized spacial score (nSPS) is 11.5. The van der Waals surface area contributed by atoms with Gasteiger partial charge in [-0.2, -0.15) is 5.10 Å². The Morgan fingerprint density at radius 3 is 2.16 bits per heavy atom. The molecule has 0 aliphatic carbocycles. The molecule has 0 saturated carbocycles. The Bertz CT molecular complexity index is 1430. The molecular weight excluding hydrogens is 431 g/mol. The lowest BCUT2D eigenvalue weighted by Gasteiger charge is -2.12. The number of benzene rings is 3. The molecule has 0 fully saturated rings. The second kappa shape index (κ2) is 8.03. The zero-order valence-corrected chi connectivity index (χ0v) is 17.8. The highest BCUT2D eigenvalue weighted by molar-refractivity contribution is 7.89. The van der Waals surface area contributed by atoms with Crippen molar-refractivity contribution in [3.63, 3.8) is 0 Å². The number of hydrogen-bond donors (Lipinski definition) is 2. The second-order valence-electron chi connectivity index (χ2n) is 7.21. The van der Waals surface area contributed by atoms with Gasteiger partial charge in [-0.05, 0) is 66.6 Å². The van der Waals surface area contributed by atoms with E-state index in [1.165, 1.54) is 41.1 Å². The Kier molecular flexibility index (Phi) is 5.37. The van der Waals surface area contributed by atoms with Crippen LogP contribution >= 0.6 is 0 Å². The highest BCUT2D eigenvalue weighted by atomic mass is 32.2. The minimum absolute atomic E-state index is 0.0362. The Hall–Kier alpha value is -3.82. The van der Waals surface area contributed by atoms with E-state index in [1.807, 2.05) is 31.2 Å². The number of rotatable bonds is 5. The smallest absolute Gasteiger partial charge is 0.269 e. The third-order valence-electron chi connectivity index (χ3n) is 5.06. The van der Waals surface area contributed by atoms with Crippen LogP contribution < -0.4 is 10.9 Å². The van der Waals surface area contributed by atoms with Gasteiger partial charge in [0.1, 0.15) is 5.82 Å². The van der Waals surface area contributed by atoms with Crippen molar-refractivity contribution in [2.45, 2.75) is 11.8 Å². The molecule has 0 aliphatic heterocycles. The Morgan fingerprint density at radius 1 is 0.969 bits per heavy atom. The molecule has 0 radical (unpaired) electrons. The van der Waals surface area contributed by atoms with Crippen molar-refractivity contribution in [2.24, 2.45) is 10.9 Å². The molecule has 32 heavy (non-hydrogen) atoms. The van der Waals surface area contributed by atoms with Gasteiger partial charge in [-0.3, -0.25) is 4.79 Å². The number of primary amides is 1. The lowest BCUT2D eigenvalue weighted by molar-refractivity contribution is 0.0995. The Morgan fingerprint density at radius 2 is 1.59 bits per heavy atom. The van der Waals surface area contributed by atoms with Crippen LogP contribution in [0, 0.1) is 12.7 Å². The number of carbonyl (C=O) groups excluding carboxylic acids is 1. The first-order valence-electron chi connectivity index (χ1n) is 9.55. The van der Waals surface area contributed by atoms with Crippen LogP contribution in [0.2, 0.25) is 0 Å². The van der Waals surface area contributed by atoms with Gasteiger partial charge in [0.05, 0.1) is 16.3 Å². The van der Waals surface area contributed by atoms with Gasteiger partial charge in [-0.1, -0.05) is 24.3 Å². The fourth-order valence-corrected chi connectivity index (χ4v) is 4.05. The van der Waals surface area contributed by atoms with Gasteiger partial charge in [-0.15, -0.1) is 0 Å². The van der Waals surface area contributed by atoms with E-state index in [2.05, 4.69) is 5.10 Å². The number of amides is 1. The Labute approximate surface area is 184 Å². The molecule has 162 valence electrons. The summed E-state index contributed by atoms with van der Waals surface area (Å²) in [6.07, 6.45) is 0. The number of primary sulfonamides is 1. The van der Waals surface area contributed by atoms with Crippen molar-refractivity contribution in [3.05, 3.63) is 89.9 Å². The molecule has 9 heteroatoms. The van der Waals surface area contributed by atoms with Gasteiger partial charge in [0.25, 0.3) is 5.91 Å². The van der Waals surface area contributed by atoms with Crippen LogP contribution in [0.5, 0.6) is 0 Å². The number of carbonyl (C=O) groups is 1. The predicted octanol–water partition coefficient (Wildman–Crippen LogP) is 3.40. The molecule has 4 aromatic rings. The van der Waals surface area contributed by atoms with Crippen LogP contribution in [0.3, 0.4) is 0 Å². The van der Waals surface area contributed by atoms with Gasteiger partial charge < -0.3 is 5.73 Å². The molecule has 1 amide bonds. The van der Waals surface area contributed by atoms with E-state index in [0.717, 1.165) is 11.1 Å². The van der Waals surface area contributed by atoms with Crippen LogP contribution in [0.25, 0.3) is 28.1 Å². The first kappa shape index (κ1) is 21.4. The summed E-state index contributed by atoms with van der Waals surface area (Å²) in [6, 6.07) is 18.9. The van der Waals surface area contributed by atoms with E-state index < -0.39 is 21.7 Å². The monoisotopic (exact) mass is 450 g/mol. The molecule has 0 saturated heterocycles. The van der Waals surface area contributed by atoms with Crippen molar-refractivity contribution in [1.29, 1.82) is 0 Å². The number of nitrogens with two attached hydrogens (primary N) is 2. The van der Waals surface area contributed by atoms with Crippen molar-refractivity contribution in [3.8, 4) is 28.1 Å². The largest absolute Gasteiger partial charge is 0.364 e. The molecule has 4 N–H and O–H groups in total. The average molecular weight is 450 g/mol. The van der Waals surface area contributed by atoms with Crippen LogP contribution in [0.1, 0.15) is 16.1 Å². The second-order valence-corrected chi connectivity index (χ2v) is 8.77. The fraction of sp³-hybridized carbons (Fsp3) is 0.0435. The molecule has 0 unspecified atom stereocenters. The summed E-state index contributed by atoms with van der Waals surface area (Å²) in [5.41, 5.74) is 9.42. The molecule has 0 spiro atoms. The van der Waals surface area contributed by atoms with Gasteiger partial charge in [0, 0.05) is 11.1 Å². The van der Waals surface area contributed by atoms with E-state index in [4.69, 9.17) is 10.9 Å². The number of aryl methyl sites for hydroxylation is 1. The summed E-state index contributed by atoms with van der Waals surface area (Å²) in [7, 11) is -3.88. The van der Waals surface area contributed by atoms with Crippen molar-refractivity contribution >= 4 is 15.9 Å². The molecule has 7 nitrogen and oxygen atoms in total.